The molecule has 0 atom stereocenters. The number of rotatable bonds is 6. The van der Waals surface area contributed by atoms with E-state index in [1.807, 2.05) is 0 Å². The van der Waals surface area contributed by atoms with Crippen LogP contribution in [0.4, 0.5) is 0 Å². The van der Waals surface area contributed by atoms with Crippen molar-refractivity contribution in [2.75, 3.05) is 6.54 Å². The van der Waals surface area contributed by atoms with Crippen molar-refractivity contribution in [1.29, 1.82) is 0 Å². The van der Waals surface area contributed by atoms with E-state index < -0.39 is 16.5 Å². The van der Waals surface area contributed by atoms with Crippen molar-refractivity contribution in [1.82, 2.24) is 4.23 Å². The molecule has 1 nitrogen and oxygen atoms in total. The molecule has 0 saturated carbocycles. The van der Waals surface area contributed by atoms with E-state index in [1.54, 1.807) is 5.67 Å². The van der Waals surface area contributed by atoms with Gasteiger partial charge in [0, 0.05) is 0 Å². The lowest BCUT2D eigenvalue weighted by Gasteiger charge is -2.64. The first-order valence-corrected chi connectivity index (χ1v) is 12.1. The molecule has 0 aromatic heterocycles. The first-order chi connectivity index (χ1) is 7.14. The highest BCUT2D eigenvalue weighted by atomic mass is 28.5. The van der Waals surface area contributed by atoms with Crippen molar-refractivity contribution in [3.8, 4) is 0 Å². The average Bonchev–Trinajstić information content (AvgIpc) is 2.28. The minimum absolute atomic E-state index is 0.923. The van der Waals surface area contributed by atoms with Crippen LogP contribution in [0.15, 0.2) is 0 Å². The smallest absolute Gasteiger partial charge is 0.119 e. The summed E-state index contributed by atoms with van der Waals surface area (Å²) in [4.78, 5) is 0. The second-order valence-electron chi connectivity index (χ2n) is 5.19. The zero-order chi connectivity index (χ0) is 11.5. The standard InChI is InChI=1S/C12H29NSi2/c1-6-11-13-14(7-2,8-3)12-15(13,9-4)10-5/h6-12H2,1-5H3. The van der Waals surface area contributed by atoms with Crippen LogP contribution < -0.4 is 0 Å². The highest BCUT2D eigenvalue weighted by Crippen LogP contribution is 2.47. The molecule has 0 spiro atoms. The zero-order valence-electron chi connectivity index (χ0n) is 11.4. The Kier molecular flexibility index (Phi) is 4.62. The molecule has 0 aliphatic carbocycles. The summed E-state index contributed by atoms with van der Waals surface area (Å²) >= 11 is 0. The van der Waals surface area contributed by atoms with Gasteiger partial charge >= 0.3 is 0 Å². The minimum atomic E-state index is -0.923. The lowest BCUT2D eigenvalue weighted by Crippen LogP contribution is -2.79. The lowest BCUT2D eigenvalue weighted by atomic mass is 10.5. The Morgan fingerprint density at radius 1 is 0.800 bits per heavy atom. The van der Waals surface area contributed by atoms with Gasteiger partial charge in [-0.05, 0) is 42.8 Å². The van der Waals surface area contributed by atoms with Crippen LogP contribution in [0.2, 0.25) is 29.8 Å². The maximum absolute atomic E-state index is 3.11. The van der Waals surface area contributed by atoms with Crippen molar-refractivity contribution in [2.24, 2.45) is 0 Å². The molecule has 0 aromatic rings. The Morgan fingerprint density at radius 3 is 1.47 bits per heavy atom. The lowest BCUT2D eigenvalue weighted by molar-refractivity contribution is 0.537. The van der Waals surface area contributed by atoms with E-state index in [-0.39, 0.29) is 0 Å². The molecule has 3 heteroatoms. The Morgan fingerprint density at radius 2 is 1.20 bits per heavy atom. The Balaban J connectivity index is 2.82. The Labute approximate surface area is 98.4 Å². The van der Waals surface area contributed by atoms with E-state index in [0.717, 1.165) is 0 Å². The van der Waals surface area contributed by atoms with Crippen LogP contribution >= 0.6 is 0 Å². The van der Waals surface area contributed by atoms with Gasteiger partial charge in [0.1, 0.15) is 16.5 Å². The van der Waals surface area contributed by atoms with Gasteiger partial charge in [0.05, 0.1) is 0 Å². The van der Waals surface area contributed by atoms with Crippen LogP contribution in [0.5, 0.6) is 0 Å². The molecule has 0 amide bonds. The van der Waals surface area contributed by atoms with Gasteiger partial charge in [-0.25, -0.2) is 0 Å². The SMILES string of the molecule is CCCN1[Si](CC)(CC)C[Si]1(CC)CC. The monoisotopic (exact) mass is 243 g/mol. The van der Waals surface area contributed by atoms with Crippen LogP contribution in [-0.4, -0.2) is 27.2 Å². The van der Waals surface area contributed by atoms with Crippen molar-refractivity contribution < 1.29 is 0 Å². The third-order valence-corrected chi connectivity index (χ3v) is 21.0. The fourth-order valence-electron chi connectivity index (χ4n) is 3.68. The molecule has 1 saturated heterocycles. The molecule has 90 valence electrons. The fourth-order valence-corrected chi connectivity index (χ4v) is 23.2. The highest BCUT2D eigenvalue weighted by Gasteiger charge is 2.59. The summed E-state index contributed by atoms with van der Waals surface area (Å²) in [6.07, 6.45) is 1.36. The van der Waals surface area contributed by atoms with Crippen molar-refractivity contribution >= 4 is 16.5 Å². The summed E-state index contributed by atoms with van der Waals surface area (Å²) in [7, 11) is -1.85. The van der Waals surface area contributed by atoms with Crippen molar-refractivity contribution in [2.45, 2.75) is 70.9 Å². The van der Waals surface area contributed by atoms with Gasteiger partial charge < -0.3 is 4.23 Å². The second kappa shape index (κ2) is 5.15. The van der Waals surface area contributed by atoms with E-state index in [0.29, 0.717) is 0 Å². The van der Waals surface area contributed by atoms with Gasteiger partial charge in [0.15, 0.2) is 0 Å². The summed E-state index contributed by atoms with van der Waals surface area (Å²) in [5, 5.41) is 0. The van der Waals surface area contributed by atoms with Gasteiger partial charge in [-0.3, -0.25) is 0 Å². The van der Waals surface area contributed by atoms with E-state index >= 15 is 0 Å². The summed E-state index contributed by atoms with van der Waals surface area (Å²) in [5.41, 5.74) is 1.71. The summed E-state index contributed by atoms with van der Waals surface area (Å²) in [6, 6.07) is 5.99. The third-order valence-electron chi connectivity index (χ3n) is 4.88. The molecule has 1 heterocycles. The molecular weight excluding hydrogens is 214 g/mol. The molecule has 0 aromatic carbocycles. The van der Waals surface area contributed by atoms with Crippen molar-refractivity contribution in [3.05, 3.63) is 0 Å². The van der Waals surface area contributed by atoms with Crippen LogP contribution in [0.1, 0.15) is 41.0 Å². The number of hydrogen-bond acceptors (Lipinski definition) is 1. The first kappa shape index (κ1) is 13.5. The Hall–Kier alpha value is 0.394. The zero-order valence-corrected chi connectivity index (χ0v) is 13.4. The van der Waals surface area contributed by atoms with Gasteiger partial charge in [0.25, 0.3) is 0 Å². The maximum Gasteiger partial charge on any atom is 0.119 e. The predicted molar refractivity (Wildman–Crippen MR) is 75.2 cm³/mol. The van der Waals surface area contributed by atoms with Crippen LogP contribution in [0, 0.1) is 0 Å². The predicted octanol–water partition coefficient (Wildman–Crippen LogP) is 4.22. The fraction of sp³-hybridized carbons (Fsp3) is 1.00. The van der Waals surface area contributed by atoms with Gasteiger partial charge in [-0.1, -0.05) is 34.6 Å². The van der Waals surface area contributed by atoms with Crippen LogP contribution in [0.3, 0.4) is 0 Å². The minimum Gasteiger partial charge on any atom is -0.345 e. The number of hydrogen-bond donors (Lipinski definition) is 0. The average molecular weight is 244 g/mol. The Bertz CT molecular complexity index is 180. The maximum atomic E-state index is 3.11. The molecule has 1 fully saturated rings. The molecule has 15 heavy (non-hydrogen) atoms. The van der Waals surface area contributed by atoms with Gasteiger partial charge in [-0.2, -0.15) is 0 Å². The third kappa shape index (κ3) is 1.98. The largest absolute Gasteiger partial charge is 0.345 e. The summed E-state index contributed by atoms with van der Waals surface area (Å²) in [5.74, 6) is 0. The van der Waals surface area contributed by atoms with Gasteiger partial charge in [0.2, 0.25) is 0 Å². The molecule has 1 rings (SSSR count). The normalized spacial score (nSPS) is 23.8. The van der Waals surface area contributed by atoms with E-state index in [9.17, 15) is 0 Å². The molecular formula is C12H29NSi2. The summed E-state index contributed by atoms with van der Waals surface area (Å²) in [6.45, 7) is 13.6. The van der Waals surface area contributed by atoms with E-state index in [1.165, 1.54) is 37.1 Å². The highest BCUT2D eigenvalue weighted by molar-refractivity contribution is 7.09. The molecule has 0 bridgehead atoms. The summed E-state index contributed by atoms with van der Waals surface area (Å²) < 4.78 is 3.11. The number of nitrogens with zero attached hydrogens (tertiary/aromatic N) is 1. The van der Waals surface area contributed by atoms with Crippen LogP contribution in [0.25, 0.3) is 0 Å². The topological polar surface area (TPSA) is 3.24 Å². The molecule has 0 N–H and O–H groups in total. The first-order valence-electron chi connectivity index (χ1n) is 6.92. The second-order valence-corrected chi connectivity index (χ2v) is 15.9. The van der Waals surface area contributed by atoms with Crippen LogP contribution in [-0.2, 0) is 0 Å². The molecule has 0 unspecified atom stereocenters. The molecule has 1 aliphatic rings. The van der Waals surface area contributed by atoms with E-state index in [4.69, 9.17) is 0 Å². The van der Waals surface area contributed by atoms with E-state index in [2.05, 4.69) is 38.8 Å². The van der Waals surface area contributed by atoms with Gasteiger partial charge in [-0.15, -0.1) is 0 Å². The van der Waals surface area contributed by atoms with Crippen molar-refractivity contribution in [3.63, 3.8) is 0 Å². The molecule has 0 radical (unpaired) electrons. The molecule has 1 aliphatic heterocycles. The quantitative estimate of drug-likeness (QED) is 0.631.